The first-order valence-electron chi connectivity index (χ1n) is 4.44. The van der Waals surface area contributed by atoms with Gasteiger partial charge in [0.1, 0.15) is 0 Å². The van der Waals surface area contributed by atoms with E-state index in [4.69, 9.17) is 11.5 Å². The van der Waals surface area contributed by atoms with Crippen molar-refractivity contribution in [1.82, 2.24) is 4.90 Å². The van der Waals surface area contributed by atoms with Gasteiger partial charge in [-0.25, -0.2) is 0 Å². The maximum atomic E-state index is 11.4. The maximum Gasteiger partial charge on any atom is 0.234 e. The Morgan fingerprint density at radius 1 is 1.31 bits per heavy atom. The summed E-state index contributed by atoms with van der Waals surface area (Å²) in [5, 5.41) is 0. The van der Waals surface area contributed by atoms with Crippen LogP contribution in [0.15, 0.2) is 0 Å². The molecule has 0 saturated carbocycles. The molecular weight excluding hydrogens is 170 g/mol. The summed E-state index contributed by atoms with van der Waals surface area (Å²) in [5.41, 5.74) is 10.3. The predicted molar refractivity (Wildman–Crippen MR) is 47.6 cm³/mol. The molecule has 1 aliphatic rings. The third-order valence-electron chi connectivity index (χ3n) is 2.22. The highest BCUT2D eigenvalue weighted by molar-refractivity contribution is 5.87. The van der Waals surface area contributed by atoms with Crippen LogP contribution in [-0.2, 0) is 9.59 Å². The van der Waals surface area contributed by atoms with Gasteiger partial charge < -0.3 is 16.4 Å². The third-order valence-corrected chi connectivity index (χ3v) is 2.22. The third kappa shape index (κ3) is 2.69. The average Bonchev–Trinajstić information content (AvgIpc) is 2.55. The lowest BCUT2D eigenvalue weighted by molar-refractivity contribution is -0.132. The van der Waals surface area contributed by atoms with Crippen molar-refractivity contribution < 1.29 is 9.59 Å². The summed E-state index contributed by atoms with van der Waals surface area (Å²) in [4.78, 5) is 23.7. The van der Waals surface area contributed by atoms with Gasteiger partial charge in [-0.15, -0.1) is 0 Å². The second-order valence-electron chi connectivity index (χ2n) is 3.30. The average molecular weight is 185 g/mol. The molecule has 0 unspecified atom stereocenters. The Bertz CT molecular complexity index is 211. The summed E-state index contributed by atoms with van der Waals surface area (Å²) in [7, 11) is 0. The standard InChI is InChI=1S/C8H15N3O2/c9-6(8(10)13)5-7(12)11-3-1-2-4-11/h6H,1-5,9H2,(H2,10,13)/t6-/m0/s1. The Balaban J connectivity index is 2.35. The molecule has 13 heavy (non-hydrogen) atoms. The molecule has 74 valence electrons. The van der Waals surface area contributed by atoms with Gasteiger partial charge in [0.15, 0.2) is 0 Å². The number of hydrogen-bond donors (Lipinski definition) is 2. The number of carbonyl (C=O) groups is 2. The quantitative estimate of drug-likeness (QED) is 0.579. The zero-order chi connectivity index (χ0) is 9.84. The fourth-order valence-corrected chi connectivity index (χ4v) is 1.38. The molecule has 0 aromatic heterocycles. The lowest BCUT2D eigenvalue weighted by Crippen LogP contribution is -2.41. The summed E-state index contributed by atoms with van der Waals surface area (Å²) in [6.07, 6.45) is 2.12. The minimum absolute atomic E-state index is 0.0370. The van der Waals surface area contributed by atoms with E-state index in [2.05, 4.69) is 0 Å². The highest BCUT2D eigenvalue weighted by atomic mass is 16.2. The van der Waals surface area contributed by atoms with E-state index in [0.717, 1.165) is 25.9 Å². The fourth-order valence-electron chi connectivity index (χ4n) is 1.38. The highest BCUT2D eigenvalue weighted by Gasteiger charge is 2.21. The minimum Gasteiger partial charge on any atom is -0.368 e. The fraction of sp³-hybridized carbons (Fsp3) is 0.750. The molecule has 1 aliphatic heterocycles. The van der Waals surface area contributed by atoms with Crippen molar-refractivity contribution in [3.8, 4) is 0 Å². The van der Waals surface area contributed by atoms with Crippen LogP contribution in [0.4, 0.5) is 0 Å². The molecule has 1 atom stereocenters. The molecule has 0 spiro atoms. The SMILES string of the molecule is NC(=O)[C@@H](N)CC(=O)N1CCCC1. The Labute approximate surface area is 77.1 Å². The summed E-state index contributed by atoms with van der Waals surface area (Å²) in [6, 6.07) is -0.840. The number of nitrogens with zero attached hydrogens (tertiary/aromatic N) is 1. The van der Waals surface area contributed by atoms with Gasteiger partial charge in [0.2, 0.25) is 11.8 Å². The van der Waals surface area contributed by atoms with E-state index in [1.165, 1.54) is 0 Å². The molecule has 0 aromatic rings. The van der Waals surface area contributed by atoms with Gasteiger partial charge in [0.25, 0.3) is 0 Å². The summed E-state index contributed by atoms with van der Waals surface area (Å²) < 4.78 is 0. The molecule has 1 fully saturated rings. The predicted octanol–water partition coefficient (Wildman–Crippen LogP) is -1.19. The van der Waals surface area contributed by atoms with Crippen molar-refractivity contribution >= 4 is 11.8 Å². The van der Waals surface area contributed by atoms with Crippen LogP contribution in [0.1, 0.15) is 19.3 Å². The number of hydrogen-bond acceptors (Lipinski definition) is 3. The van der Waals surface area contributed by atoms with Gasteiger partial charge in [0, 0.05) is 13.1 Å². The zero-order valence-corrected chi connectivity index (χ0v) is 7.53. The first-order chi connectivity index (χ1) is 6.11. The minimum atomic E-state index is -0.840. The number of carbonyl (C=O) groups excluding carboxylic acids is 2. The van der Waals surface area contributed by atoms with Crippen LogP contribution < -0.4 is 11.5 Å². The molecule has 1 heterocycles. The summed E-state index contributed by atoms with van der Waals surface area (Å²) in [6.45, 7) is 1.56. The van der Waals surface area contributed by atoms with Crippen molar-refractivity contribution in [2.24, 2.45) is 11.5 Å². The molecule has 5 heteroatoms. The smallest absolute Gasteiger partial charge is 0.234 e. The molecule has 0 bridgehead atoms. The van der Waals surface area contributed by atoms with Crippen molar-refractivity contribution in [1.29, 1.82) is 0 Å². The topological polar surface area (TPSA) is 89.4 Å². The van der Waals surface area contributed by atoms with Crippen molar-refractivity contribution in [3.63, 3.8) is 0 Å². The monoisotopic (exact) mass is 185 g/mol. The number of primary amides is 1. The molecule has 4 N–H and O–H groups in total. The van der Waals surface area contributed by atoms with Gasteiger partial charge in [-0.2, -0.15) is 0 Å². The lowest BCUT2D eigenvalue weighted by Gasteiger charge is -2.16. The maximum absolute atomic E-state index is 11.4. The number of amides is 2. The molecule has 2 amide bonds. The number of likely N-dealkylation sites (tertiary alicyclic amines) is 1. The van der Waals surface area contributed by atoms with E-state index in [9.17, 15) is 9.59 Å². The van der Waals surface area contributed by atoms with E-state index < -0.39 is 11.9 Å². The van der Waals surface area contributed by atoms with Crippen LogP contribution in [-0.4, -0.2) is 35.8 Å². The summed E-state index contributed by atoms with van der Waals surface area (Å²) >= 11 is 0. The zero-order valence-electron chi connectivity index (χ0n) is 7.53. The van der Waals surface area contributed by atoms with E-state index in [-0.39, 0.29) is 12.3 Å². The van der Waals surface area contributed by atoms with Crippen LogP contribution >= 0.6 is 0 Å². The van der Waals surface area contributed by atoms with Crippen LogP contribution in [0.25, 0.3) is 0 Å². The first-order valence-corrected chi connectivity index (χ1v) is 4.44. The van der Waals surface area contributed by atoms with Crippen molar-refractivity contribution in [2.75, 3.05) is 13.1 Å². The largest absolute Gasteiger partial charge is 0.368 e. The van der Waals surface area contributed by atoms with E-state index in [0.29, 0.717) is 0 Å². The van der Waals surface area contributed by atoms with Gasteiger partial charge in [-0.3, -0.25) is 9.59 Å². The van der Waals surface area contributed by atoms with Crippen LogP contribution in [0.5, 0.6) is 0 Å². The molecule has 0 aromatic carbocycles. The molecule has 0 aliphatic carbocycles. The summed E-state index contributed by atoms with van der Waals surface area (Å²) in [5.74, 6) is -0.684. The van der Waals surface area contributed by atoms with Crippen LogP contribution in [0.3, 0.4) is 0 Å². The van der Waals surface area contributed by atoms with Crippen molar-refractivity contribution in [3.05, 3.63) is 0 Å². The van der Waals surface area contributed by atoms with Crippen LogP contribution in [0, 0.1) is 0 Å². The second-order valence-corrected chi connectivity index (χ2v) is 3.30. The Kier molecular flexibility index (Phi) is 3.25. The highest BCUT2D eigenvalue weighted by Crippen LogP contribution is 2.09. The van der Waals surface area contributed by atoms with E-state index in [1.54, 1.807) is 4.90 Å². The van der Waals surface area contributed by atoms with Gasteiger partial charge >= 0.3 is 0 Å². The Hall–Kier alpha value is -1.10. The normalized spacial score (nSPS) is 18.7. The Morgan fingerprint density at radius 3 is 2.31 bits per heavy atom. The Morgan fingerprint density at radius 2 is 1.85 bits per heavy atom. The number of nitrogens with two attached hydrogens (primary N) is 2. The van der Waals surface area contributed by atoms with E-state index in [1.807, 2.05) is 0 Å². The van der Waals surface area contributed by atoms with Crippen LogP contribution in [0.2, 0.25) is 0 Å². The van der Waals surface area contributed by atoms with Gasteiger partial charge in [-0.1, -0.05) is 0 Å². The molecule has 1 saturated heterocycles. The van der Waals surface area contributed by atoms with Gasteiger partial charge in [0.05, 0.1) is 12.5 Å². The van der Waals surface area contributed by atoms with Gasteiger partial charge in [-0.05, 0) is 12.8 Å². The first kappa shape index (κ1) is 9.98. The second kappa shape index (κ2) is 4.23. The van der Waals surface area contributed by atoms with E-state index >= 15 is 0 Å². The molecule has 1 rings (SSSR count). The molecular formula is C8H15N3O2. The number of rotatable bonds is 3. The molecule has 5 nitrogen and oxygen atoms in total. The molecule has 0 radical (unpaired) electrons. The lowest BCUT2D eigenvalue weighted by atomic mass is 10.2. The van der Waals surface area contributed by atoms with Crippen molar-refractivity contribution in [2.45, 2.75) is 25.3 Å².